The highest BCUT2D eigenvalue weighted by Crippen LogP contribution is 2.29. The highest BCUT2D eigenvalue weighted by Gasteiger charge is 2.25. The Morgan fingerprint density at radius 3 is 2.55 bits per heavy atom. The third-order valence-electron chi connectivity index (χ3n) is 4.99. The molecule has 0 unspecified atom stereocenters. The first kappa shape index (κ1) is 20.6. The molecule has 0 aromatic heterocycles. The summed E-state index contributed by atoms with van der Waals surface area (Å²) < 4.78 is 5.32. The van der Waals surface area contributed by atoms with E-state index in [1.54, 1.807) is 31.2 Å². The van der Waals surface area contributed by atoms with Crippen LogP contribution < -0.4 is 10.6 Å². The molecule has 2 aromatic carbocycles. The summed E-state index contributed by atoms with van der Waals surface area (Å²) in [6.07, 6.45) is 2.11. The van der Waals surface area contributed by atoms with E-state index in [-0.39, 0.29) is 24.3 Å². The van der Waals surface area contributed by atoms with Crippen LogP contribution in [0.2, 0.25) is 0 Å². The van der Waals surface area contributed by atoms with Gasteiger partial charge in [-0.1, -0.05) is 36.4 Å². The smallest absolute Gasteiger partial charge is 0.311 e. The average Bonchev–Trinajstić information content (AvgIpc) is 2.69. The fourth-order valence-corrected chi connectivity index (χ4v) is 3.56. The van der Waals surface area contributed by atoms with Gasteiger partial charge in [0.2, 0.25) is 5.91 Å². The number of rotatable bonds is 6. The number of amides is 2. The molecule has 0 heterocycles. The van der Waals surface area contributed by atoms with Crippen molar-refractivity contribution < 1.29 is 19.1 Å². The number of ether oxygens (including phenoxy) is 1. The van der Waals surface area contributed by atoms with E-state index in [0.717, 1.165) is 30.4 Å². The van der Waals surface area contributed by atoms with E-state index >= 15 is 0 Å². The summed E-state index contributed by atoms with van der Waals surface area (Å²) >= 11 is 0. The maximum absolute atomic E-state index is 12.5. The largest absolute Gasteiger partial charge is 0.452 e. The molecule has 0 saturated heterocycles. The molecule has 2 amide bonds. The first-order valence-corrected chi connectivity index (χ1v) is 9.86. The van der Waals surface area contributed by atoms with Crippen LogP contribution in [-0.4, -0.2) is 23.9 Å². The maximum Gasteiger partial charge on any atom is 0.311 e. The number of hydrogen-bond donors (Lipinski definition) is 2. The van der Waals surface area contributed by atoms with E-state index in [1.807, 2.05) is 18.2 Å². The Balaban J connectivity index is 1.52. The van der Waals surface area contributed by atoms with Crippen molar-refractivity contribution in [2.75, 3.05) is 5.32 Å². The molecule has 0 fully saturated rings. The summed E-state index contributed by atoms with van der Waals surface area (Å²) in [6.45, 7) is 3.02. The lowest BCUT2D eigenvalue weighted by molar-refractivity contribution is -0.154. The van der Waals surface area contributed by atoms with Crippen LogP contribution in [0.3, 0.4) is 0 Å². The van der Waals surface area contributed by atoms with Gasteiger partial charge in [0.05, 0.1) is 12.5 Å². The van der Waals surface area contributed by atoms with Crippen molar-refractivity contribution in [3.8, 4) is 0 Å². The van der Waals surface area contributed by atoms with E-state index in [9.17, 15) is 14.4 Å². The Kier molecular flexibility index (Phi) is 6.65. The minimum atomic E-state index is -0.866. The summed E-state index contributed by atoms with van der Waals surface area (Å²) in [5, 5.41) is 5.68. The number of carbonyl (C=O) groups is 3. The van der Waals surface area contributed by atoms with Crippen molar-refractivity contribution in [3.05, 3.63) is 65.2 Å². The maximum atomic E-state index is 12.5. The third-order valence-corrected chi connectivity index (χ3v) is 4.99. The van der Waals surface area contributed by atoms with Crippen molar-refractivity contribution in [1.82, 2.24) is 5.32 Å². The lowest BCUT2D eigenvalue weighted by Gasteiger charge is -2.27. The molecule has 0 bridgehead atoms. The molecule has 2 aromatic rings. The molecule has 3 rings (SSSR count). The van der Waals surface area contributed by atoms with Crippen LogP contribution in [0.4, 0.5) is 5.69 Å². The molecule has 2 N–H and O–H groups in total. The van der Waals surface area contributed by atoms with Crippen molar-refractivity contribution in [2.24, 2.45) is 0 Å². The predicted molar refractivity (Wildman–Crippen MR) is 110 cm³/mol. The molecule has 29 heavy (non-hydrogen) atoms. The second-order valence-corrected chi connectivity index (χ2v) is 7.34. The van der Waals surface area contributed by atoms with E-state index < -0.39 is 12.1 Å². The first-order chi connectivity index (χ1) is 13.9. The van der Waals surface area contributed by atoms with E-state index in [2.05, 4.69) is 16.7 Å². The SMILES string of the molecule is CC(=O)Nc1ccc(CC(=O)O[C@@H](C)C(=O)N[C@H]2CCCc3ccccc32)cc1. The number of carbonyl (C=O) groups excluding carboxylic acids is 3. The Morgan fingerprint density at radius 2 is 1.83 bits per heavy atom. The first-order valence-electron chi connectivity index (χ1n) is 9.86. The molecule has 0 spiro atoms. The average molecular weight is 394 g/mol. The predicted octanol–water partition coefficient (Wildman–Crippen LogP) is 3.31. The van der Waals surface area contributed by atoms with Gasteiger partial charge in [0.1, 0.15) is 0 Å². The van der Waals surface area contributed by atoms with Gasteiger partial charge in [0, 0.05) is 12.6 Å². The van der Waals surface area contributed by atoms with Gasteiger partial charge in [0.15, 0.2) is 6.10 Å². The Labute approximate surface area is 170 Å². The van der Waals surface area contributed by atoms with E-state index in [1.165, 1.54) is 12.5 Å². The van der Waals surface area contributed by atoms with Gasteiger partial charge in [-0.25, -0.2) is 0 Å². The number of aryl methyl sites for hydroxylation is 1. The molecular formula is C23H26N2O4. The van der Waals surface area contributed by atoms with Gasteiger partial charge in [0.25, 0.3) is 5.91 Å². The normalized spacial score (nSPS) is 16.3. The van der Waals surface area contributed by atoms with E-state index in [4.69, 9.17) is 4.74 Å². The summed E-state index contributed by atoms with van der Waals surface area (Å²) in [5.74, 6) is -0.914. The zero-order valence-electron chi connectivity index (χ0n) is 16.7. The van der Waals surface area contributed by atoms with Crippen molar-refractivity contribution in [3.63, 3.8) is 0 Å². The van der Waals surface area contributed by atoms with Gasteiger partial charge in [-0.05, 0) is 55.0 Å². The van der Waals surface area contributed by atoms with E-state index in [0.29, 0.717) is 5.69 Å². The van der Waals surface area contributed by atoms with Gasteiger partial charge < -0.3 is 15.4 Å². The Bertz CT molecular complexity index is 892. The number of hydrogen-bond acceptors (Lipinski definition) is 4. The van der Waals surface area contributed by atoms with Gasteiger partial charge in [-0.2, -0.15) is 0 Å². The lowest BCUT2D eigenvalue weighted by Crippen LogP contribution is -2.39. The van der Waals surface area contributed by atoms with Gasteiger partial charge >= 0.3 is 5.97 Å². The molecular weight excluding hydrogens is 368 g/mol. The van der Waals surface area contributed by atoms with Crippen molar-refractivity contribution in [1.29, 1.82) is 0 Å². The summed E-state index contributed by atoms with van der Waals surface area (Å²) in [4.78, 5) is 35.8. The van der Waals surface area contributed by atoms with Crippen LogP contribution in [0.25, 0.3) is 0 Å². The molecule has 0 saturated carbocycles. The molecule has 2 atom stereocenters. The monoisotopic (exact) mass is 394 g/mol. The molecule has 6 heteroatoms. The van der Waals surface area contributed by atoms with Crippen LogP contribution in [0.1, 0.15) is 49.4 Å². The zero-order chi connectivity index (χ0) is 20.8. The fraction of sp³-hybridized carbons (Fsp3) is 0.348. The number of benzene rings is 2. The van der Waals surface area contributed by atoms with Crippen LogP contribution in [0, 0.1) is 0 Å². The number of anilines is 1. The van der Waals surface area contributed by atoms with Crippen LogP contribution in [-0.2, 0) is 32.0 Å². The number of fused-ring (bicyclic) bond motifs is 1. The number of nitrogens with one attached hydrogen (secondary N) is 2. The second-order valence-electron chi connectivity index (χ2n) is 7.34. The van der Waals surface area contributed by atoms with Crippen LogP contribution in [0.5, 0.6) is 0 Å². The molecule has 1 aliphatic carbocycles. The van der Waals surface area contributed by atoms with Gasteiger partial charge in [-0.3, -0.25) is 14.4 Å². The van der Waals surface area contributed by atoms with Crippen molar-refractivity contribution in [2.45, 2.75) is 51.7 Å². The summed E-state index contributed by atoms with van der Waals surface area (Å²) in [5.41, 5.74) is 3.81. The minimum Gasteiger partial charge on any atom is -0.452 e. The second kappa shape index (κ2) is 9.37. The topological polar surface area (TPSA) is 84.5 Å². The van der Waals surface area contributed by atoms with Crippen LogP contribution in [0.15, 0.2) is 48.5 Å². The summed E-state index contributed by atoms with van der Waals surface area (Å²) in [6, 6.07) is 15.0. The van der Waals surface area contributed by atoms with Gasteiger partial charge in [-0.15, -0.1) is 0 Å². The van der Waals surface area contributed by atoms with Crippen LogP contribution >= 0.6 is 0 Å². The molecule has 0 aliphatic heterocycles. The Morgan fingerprint density at radius 1 is 1.10 bits per heavy atom. The quantitative estimate of drug-likeness (QED) is 0.736. The Hall–Kier alpha value is -3.15. The molecule has 0 radical (unpaired) electrons. The summed E-state index contributed by atoms with van der Waals surface area (Å²) in [7, 11) is 0. The molecule has 152 valence electrons. The van der Waals surface area contributed by atoms with Crippen molar-refractivity contribution >= 4 is 23.5 Å². The highest BCUT2D eigenvalue weighted by molar-refractivity contribution is 5.88. The standard InChI is InChI=1S/C23H26N2O4/c1-15(23(28)25-21-9-5-7-18-6-3-4-8-20(18)21)29-22(27)14-17-10-12-19(13-11-17)24-16(2)26/h3-4,6,8,10-13,15,21H,5,7,9,14H2,1-2H3,(H,24,26)(H,25,28)/t15-,21-/m0/s1. The fourth-order valence-electron chi connectivity index (χ4n) is 3.56. The lowest BCUT2D eigenvalue weighted by atomic mass is 9.87. The minimum absolute atomic E-state index is 0.0464. The highest BCUT2D eigenvalue weighted by atomic mass is 16.5. The molecule has 1 aliphatic rings. The molecule has 6 nitrogen and oxygen atoms in total. The zero-order valence-corrected chi connectivity index (χ0v) is 16.7. The number of esters is 1. The third kappa shape index (κ3) is 5.67.